The lowest BCUT2D eigenvalue weighted by molar-refractivity contribution is 0.427. The third-order valence-electron chi connectivity index (χ3n) is 1.60. The molecule has 0 aliphatic carbocycles. The number of methoxy groups -OCH3 is 1. The van der Waals surface area contributed by atoms with Crippen molar-refractivity contribution in [1.82, 2.24) is 0 Å². The van der Waals surface area contributed by atoms with Crippen molar-refractivity contribution < 1.29 is 4.74 Å². The van der Waals surface area contributed by atoms with Crippen LogP contribution in [0.1, 0.15) is 0 Å². The van der Waals surface area contributed by atoms with Crippen molar-refractivity contribution in [2.75, 3.05) is 7.11 Å². The summed E-state index contributed by atoms with van der Waals surface area (Å²) in [5.74, 6) is 0. The zero-order chi connectivity index (χ0) is 9.26. The van der Waals surface area contributed by atoms with Gasteiger partial charge in [-0.05, 0) is 40.2 Å². The Morgan fingerprint density at radius 2 is 1.77 bits per heavy atom. The predicted octanol–water partition coefficient (Wildman–Crippen LogP) is 4.25. The highest BCUT2D eigenvalue weighted by molar-refractivity contribution is 9.11. The normalized spacial score (nSPS) is 10.3. The molecule has 0 saturated heterocycles. The fraction of sp³-hybridized carbons (Fsp3) is 0.111. The third kappa shape index (κ3) is 1.95. The number of thiophene rings is 2. The van der Waals surface area contributed by atoms with Crippen LogP contribution in [-0.2, 0) is 0 Å². The molecule has 0 saturated carbocycles. The Morgan fingerprint density at radius 1 is 1.08 bits per heavy atom. The molecule has 0 fully saturated rings. The monoisotopic (exact) mass is 274 g/mol. The molecule has 2 aromatic heterocycles. The van der Waals surface area contributed by atoms with Gasteiger partial charge in [-0.15, -0.1) is 11.3 Å². The van der Waals surface area contributed by atoms with Gasteiger partial charge in [0.1, 0.15) is 0 Å². The van der Waals surface area contributed by atoms with Crippen LogP contribution in [-0.4, -0.2) is 7.11 Å². The lowest BCUT2D eigenvalue weighted by atomic mass is 10.4. The first-order chi connectivity index (χ1) is 6.29. The van der Waals surface area contributed by atoms with E-state index >= 15 is 0 Å². The van der Waals surface area contributed by atoms with Gasteiger partial charge in [0, 0.05) is 9.75 Å². The predicted molar refractivity (Wildman–Crippen MR) is 61.9 cm³/mol. The van der Waals surface area contributed by atoms with Crippen molar-refractivity contribution in [2.45, 2.75) is 0 Å². The summed E-state index contributed by atoms with van der Waals surface area (Å²) in [6.45, 7) is 0. The van der Waals surface area contributed by atoms with Gasteiger partial charge in [-0.25, -0.2) is 0 Å². The van der Waals surface area contributed by atoms with Crippen LogP contribution in [0.2, 0.25) is 0 Å². The fourth-order valence-corrected chi connectivity index (χ4v) is 3.31. The van der Waals surface area contributed by atoms with Crippen LogP contribution >= 0.6 is 38.6 Å². The average Bonchev–Trinajstić information content (AvgIpc) is 2.71. The molecule has 0 unspecified atom stereocenters. The summed E-state index contributed by atoms with van der Waals surface area (Å²) >= 11 is 6.85. The van der Waals surface area contributed by atoms with Crippen LogP contribution in [0.4, 0.5) is 0 Å². The van der Waals surface area contributed by atoms with E-state index in [1.807, 2.05) is 6.07 Å². The molecule has 4 heteroatoms. The molecule has 2 heterocycles. The SMILES string of the molecule is COc1ccc(-c2ccc(Br)s2)s1. The topological polar surface area (TPSA) is 9.23 Å². The Balaban J connectivity index is 2.35. The third-order valence-corrected chi connectivity index (χ3v) is 4.46. The smallest absolute Gasteiger partial charge is 0.173 e. The number of ether oxygens (including phenoxy) is 1. The Bertz CT molecular complexity index is 405. The standard InChI is InChI=1S/C9H7BrOS2/c1-11-9-5-3-7(13-9)6-2-4-8(10)12-6/h2-5H,1H3. The van der Waals surface area contributed by atoms with Gasteiger partial charge >= 0.3 is 0 Å². The molecule has 0 aromatic carbocycles. The van der Waals surface area contributed by atoms with Crippen LogP contribution < -0.4 is 4.74 Å². The van der Waals surface area contributed by atoms with Crippen molar-refractivity contribution in [3.63, 3.8) is 0 Å². The van der Waals surface area contributed by atoms with Crippen LogP contribution in [0, 0.1) is 0 Å². The second-order valence-electron chi connectivity index (χ2n) is 2.43. The molecule has 0 spiro atoms. The minimum atomic E-state index is 0.958. The first-order valence-corrected chi connectivity index (χ1v) is 6.12. The molecule has 0 atom stereocenters. The average molecular weight is 275 g/mol. The van der Waals surface area contributed by atoms with E-state index in [1.165, 1.54) is 9.75 Å². The molecule has 68 valence electrons. The summed E-state index contributed by atoms with van der Waals surface area (Å²) < 4.78 is 6.30. The number of halogens is 1. The Hall–Kier alpha value is -0.320. The van der Waals surface area contributed by atoms with E-state index in [0.29, 0.717) is 0 Å². The molecule has 0 aliphatic rings. The van der Waals surface area contributed by atoms with Crippen molar-refractivity contribution >= 4 is 38.6 Å². The summed E-state index contributed by atoms with van der Waals surface area (Å²) in [6.07, 6.45) is 0. The van der Waals surface area contributed by atoms with Gasteiger partial charge < -0.3 is 4.74 Å². The first-order valence-electron chi connectivity index (χ1n) is 3.69. The number of hydrogen-bond acceptors (Lipinski definition) is 3. The second kappa shape index (κ2) is 3.82. The van der Waals surface area contributed by atoms with Crippen molar-refractivity contribution in [3.05, 3.63) is 28.1 Å². The van der Waals surface area contributed by atoms with E-state index in [9.17, 15) is 0 Å². The minimum absolute atomic E-state index is 0.958. The molecule has 2 rings (SSSR count). The lowest BCUT2D eigenvalue weighted by Gasteiger charge is -1.90. The minimum Gasteiger partial charge on any atom is -0.487 e. The van der Waals surface area contributed by atoms with Gasteiger partial charge in [0.25, 0.3) is 0 Å². The van der Waals surface area contributed by atoms with Gasteiger partial charge in [0.05, 0.1) is 10.9 Å². The maximum absolute atomic E-state index is 5.13. The largest absolute Gasteiger partial charge is 0.487 e. The molecule has 0 N–H and O–H groups in total. The Labute approximate surface area is 93.1 Å². The zero-order valence-corrected chi connectivity index (χ0v) is 10.1. The van der Waals surface area contributed by atoms with Gasteiger partial charge in [-0.3, -0.25) is 0 Å². The molecule has 0 aliphatic heterocycles. The van der Waals surface area contributed by atoms with E-state index in [1.54, 1.807) is 29.8 Å². The Kier molecular flexibility index (Phi) is 2.71. The maximum Gasteiger partial charge on any atom is 0.173 e. The molecular formula is C9H7BrOS2. The summed E-state index contributed by atoms with van der Waals surface area (Å²) in [6, 6.07) is 8.25. The molecule has 0 amide bonds. The molecular weight excluding hydrogens is 268 g/mol. The van der Waals surface area contributed by atoms with Gasteiger partial charge in [-0.2, -0.15) is 0 Å². The highest BCUT2D eigenvalue weighted by atomic mass is 79.9. The van der Waals surface area contributed by atoms with E-state index < -0.39 is 0 Å². The van der Waals surface area contributed by atoms with Crippen molar-refractivity contribution in [2.24, 2.45) is 0 Å². The molecule has 0 bridgehead atoms. The number of hydrogen-bond donors (Lipinski definition) is 0. The van der Waals surface area contributed by atoms with Crippen LogP contribution in [0.25, 0.3) is 9.75 Å². The van der Waals surface area contributed by atoms with E-state index in [0.717, 1.165) is 8.85 Å². The summed E-state index contributed by atoms with van der Waals surface area (Å²) in [4.78, 5) is 2.53. The Morgan fingerprint density at radius 3 is 2.31 bits per heavy atom. The van der Waals surface area contributed by atoms with Gasteiger partial charge in [0.15, 0.2) is 5.06 Å². The van der Waals surface area contributed by atoms with Crippen LogP contribution in [0.15, 0.2) is 28.1 Å². The molecule has 2 aromatic rings. The molecule has 1 nitrogen and oxygen atoms in total. The van der Waals surface area contributed by atoms with E-state index in [-0.39, 0.29) is 0 Å². The number of rotatable bonds is 2. The quantitative estimate of drug-likeness (QED) is 0.796. The van der Waals surface area contributed by atoms with Crippen LogP contribution in [0.3, 0.4) is 0 Å². The van der Waals surface area contributed by atoms with E-state index in [2.05, 4.69) is 34.1 Å². The van der Waals surface area contributed by atoms with Crippen molar-refractivity contribution in [1.29, 1.82) is 0 Å². The molecule has 0 radical (unpaired) electrons. The van der Waals surface area contributed by atoms with E-state index in [4.69, 9.17) is 4.74 Å². The maximum atomic E-state index is 5.13. The highest BCUT2D eigenvalue weighted by Crippen LogP contribution is 2.37. The molecule has 13 heavy (non-hydrogen) atoms. The zero-order valence-electron chi connectivity index (χ0n) is 6.91. The van der Waals surface area contributed by atoms with Gasteiger partial charge in [0.2, 0.25) is 0 Å². The summed E-state index contributed by atoms with van der Waals surface area (Å²) in [7, 11) is 1.69. The highest BCUT2D eigenvalue weighted by Gasteiger charge is 2.04. The van der Waals surface area contributed by atoms with Crippen LogP contribution in [0.5, 0.6) is 5.06 Å². The van der Waals surface area contributed by atoms with Crippen molar-refractivity contribution in [3.8, 4) is 14.8 Å². The van der Waals surface area contributed by atoms with Gasteiger partial charge in [-0.1, -0.05) is 11.3 Å². The first kappa shape index (κ1) is 9.24. The lowest BCUT2D eigenvalue weighted by Crippen LogP contribution is -1.73. The summed E-state index contributed by atoms with van der Waals surface area (Å²) in [5.41, 5.74) is 0. The summed E-state index contributed by atoms with van der Waals surface area (Å²) in [5, 5.41) is 0.958. The fourth-order valence-electron chi connectivity index (χ4n) is 1.01. The second-order valence-corrected chi connectivity index (χ2v) is 5.94.